The van der Waals surface area contributed by atoms with Crippen molar-refractivity contribution in [2.45, 2.75) is 74.5 Å². The summed E-state index contributed by atoms with van der Waals surface area (Å²) in [6.07, 6.45) is 0.324. The molecule has 308 valence electrons. The van der Waals surface area contributed by atoms with Crippen molar-refractivity contribution >= 4 is 55.2 Å². The summed E-state index contributed by atoms with van der Waals surface area (Å²) in [7, 11) is -15.5. The highest BCUT2D eigenvalue weighted by Crippen LogP contribution is 2.51. The molecule has 3 rings (SSSR count). The molecule has 0 aliphatic carbocycles. The lowest BCUT2D eigenvalue weighted by Crippen LogP contribution is -2.11. The Morgan fingerprint density at radius 1 is 0.446 bits per heavy atom. The van der Waals surface area contributed by atoms with Crippen molar-refractivity contribution in [3.8, 4) is 0 Å². The maximum absolute atomic E-state index is 13.9. The molecule has 0 heterocycles. The van der Waals surface area contributed by atoms with Crippen LogP contribution in [0.3, 0.4) is 0 Å². The molecule has 0 spiro atoms. The monoisotopic (exact) mass is 860 g/mol. The summed E-state index contributed by atoms with van der Waals surface area (Å²) in [5.41, 5.74) is 1.26. The fourth-order valence-corrected chi connectivity index (χ4v) is 9.70. The van der Waals surface area contributed by atoms with Crippen LogP contribution in [0.1, 0.15) is 56.7 Å². The van der Waals surface area contributed by atoms with E-state index < -0.39 is 55.2 Å². The smallest absolute Gasteiger partial charge is 0.466 e. The van der Waals surface area contributed by atoms with E-state index in [1.165, 1.54) is 93.6 Å². The molecule has 3 aromatic carbocycles. The average molecular weight is 861 g/mol. The van der Waals surface area contributed by atoms with E-state index in [0.29, 0.717) is 16.7 Å². The number of phosphoric ester groups is 1. The molecule has 0 aromatic heterocycles. The van der Waals surface area contributed by atoms with Crippen LogP contribution >= 0.6 is 7.82 Å². The van der Waals surface area contributed by atoms with E-state index in [0.717, 1.165) is 0 Å². The largest absolute Gasteiger partial charge is 0.475 e. The Bertz CT molecular complexity index is 1910. The van der Waals surface area contributed by atoms with Crippen LogP contribution < -0.4 is 0 Å². The lowest BCUT2D eigenvalue weighted by atomic mass is 10.2. The Hall–Kier alpha value is -3.97. The first-order valence-electron chi connectivity index (χ1n) is 17.2. The van der Waals surface area contributed by atoms with Crippen molar-refractivity contribution in [2.75, 3.05) is 37.1 Å². The summed E-state index contributed by atoms with van der Waals surface area (Å²) in [4.78, 5) is 32.9. The van der Waals surface area contributed by atoms with Gasteiger partial charge in [-0.15, -0.1) is 0 Å². The third-order valence-electron chi connectivity index (χ3n) is 7.60. The Morgan fingerprint density at radius 2 is 0.679 bits per heavy atom. The van der Waals surface area contributed by atoms with Crippen LogP contribution in [0.2, 0.25) is 0 Å². The maximum Gasteiger partial charge on any atom is 0.475 e. The van der Waals surface area contributed by atoms with Gasteiger partial charge in [0.05, 0.1) is 71.6 Å². The van der Waals surface area contributed by atoms with E-state index in [2.05, 4.69) is 0 Å². The van der Waals surface area contributed by atoms with Crippen molar-refractivity contribution in [1.29, 1.82) is 0 Å². The second-order valence-corrected chi connectivity index (χ2v) is 20.2. The molecule has 0 fully saturated rings. The zero-order chi connectivity index (χ0) is 41.4. The topological polar surface area (TPSA) is 226 Å². The second kappa shape index (κ2) is 21.5. The molecule has 0 bridgehead atoms. The Labute approximate surface area is 327 Å². The first-order chi connectivity index (χ1) is 26.3. The summed E-state index contributed by atoms with van der Waals surface area (Å²) >= 11 is 0. The zero-order valence-electron chi connectivity index (χ0n) is 31.1. The molecule has 0 atom stereocenters. The van der Waals surface area contributed by atoms with Crippen LogP contribution in [0.15, 0.2) is 87.5 Å². The predicted octanol–water partition coefficient (Wildman–Crippen LogP) is 4.93. The van der Waals surface area contributed by atoms with Crippen LogP contribution in [0.5, 0.6) is 0 Å². The van der Waals surface area contributed by atoms with Crippen molar-refractivity contribution in [1.82, 2.24) is 0 Å². The minimum atomic E-state index is -4.41. The fourth-order valence-electron chi connectivity index (χ4n) is 4.70. The number of hydrogen-bond acceptors (Lipinski definition) is 16. The van der Waals surface area contributed by atoms with Crippen molar-refractivity contribution in [3.63, 3.8) is 0 Å². The molecular weight excluding hydrogens is 816 g/mol. The van der Waals surface area contributed by atoms with E-state index in [9.17, 15) is 44.2 Å². The number of phosphoric acid groups is 1. The van der Waals surface area contributed by atoms with Gasteiger partial charge in [0.1, 0.15) is 0 Å². The van der Waals surface area contributed by atoms with Gasteiger partial charge >= 0.3 is 25.7 Å². The highest BCUT2D eigenvalue weighted by atomic mass is 32.2. The quantitative estimate of drug-likeness (QED) is 0.0504. The number of rotatable bonds is 24. The standard InChI is InChI=1S/C36H45O16PS3/c1-28(37)47-19-4-22-54(41,42)34-13-7-31(8-14-34)25-50-53(40,51-26-32-9-15-35(16-10-32)55(43,44)23-5-20-48-29(2)38)52-27-33-11-17-36(18-12-33)56(45,46)24-6-21-49-30(3)39/h7-18H,4-6,19-27H2,1-3H3. The molecule has 0 radical (unpaired) electrons. The number of sulfone groups is 3. The summed E-state index contributed by atoms with van der Waals surface area (Å²) in [6.45, 7) is 2.55. The average Bonchev–Trinajstić information content (AvgIpc) is 3.15. The van der Waals surface area contributed by atoms with Gasteiger partial charge in [-0.05, 0) is 72.4 Å². The van der Waals surface area contributed by atoms with Crippen molar-refractivity contribution < 1.29 is 72.0 Å². The van der Waals surface area contributed by atoms with E-state index in [-0.39, 0.29) is 90.8 Å². The highest BCUT2D eigenvalue weighted by Gasteiger charge is 2.28. The highest BCUT2D eigenvalue weighted by molar-refractivity contribution is 7.92. The van der Waals surface area contributed by atoms with Crippen LogP contribution in [-0.2, 0) is 96.1 Å². The van der Waals surface area contributed by atoms with Crippen LogP contribution in [-0.4, -0.2) is 80.2 Å². The van der Waals surface area contributed by atoms with Gasteiger partial charge in [-0.3, -0.25) is 28.0 Å². The van der Waals surface area contributed by atoms with Gasteiger partial charge in [-0.25, -0.2) is 29.8 Å². The lowest BCUT2D eigenvalue weighted by Gasteiger charge is -2.19. The maximum atomic E-state index is 13.9. The number of esters is 3. The van der Waals surface area contributed by atoms with Crippen molar-refractivity contribution in [3.05, 3.63) is 89.5 Å². The van der Waals surface area contributed by atoms with Crippen molar-refractivity contribution in [2.24, 2.45) is 0 Å². The molecule has 20 heteroatoms. The Kier molecular flexibility index (Phi) is 17.8. The Balaban J connectivity index is 1.71. The first kappa shape index (κ1) is 46.4. The zero-order valence-corrected chi connectivity index (χ0v) is 34.5. The molecule has 0 aliphatic heterocycles. The summed E-state index contributed by atoms with van der Waals surface area (Å²) in [5, 5.41) is 0. The van der Waals surface area contributed by atoms with Gasteiger partial charge in [0.15, 0.2) is 29.5 Å². The summed E-state index contributed by atoms with van der Waals surface area (Å²) < 4.78 is 121. The van der Waals surface area contributed by atoms with Gasteiger partial charge in [-0.2, -0.15) is 0 Å². The minimum Gasteiger partial charge on any atom is -0.466 e. The molecule has 0 saturated carbocycles. The number of benzene rings is 3. The van der Waals surface area contributed by atoms with Gasteiger partial charge in [0, 0.05) is 20.8 Å². The normalized spacial score (nSPS) is 12.2. The van der Waals surface area contributed by atoms with Gasteiger partial charge < -0.3 is 14.2 Å². The summed E-state index contributed by atoms with van der Waals surface area (Å²) in [5.74, 6) is -2.29. The molecular formula is C36H45O16PS3. The minimum absolute atomic E-state index is 0.0180. The number of ether oxygens (including phenoxy) is 3. The molecule has 0 aliphatic rings. The predicted molar refractivity (Wildman–Crippen MR) is 201 cm³/mol. The number of carbonyl (C=O) groups is 3. The molecule has 56 heavy (non-hydrogen) atoms. The molecule has 3 aromatic rings. The number of hydrogen-bond donors (Lipinski definition) is 0. The fraction of sp³-hybridized carbons (Fsp3) is 0.417. The molecule has 0 amide bonds. The summed E-state index contributed by atoms with van der Waals surface area (Å²) in [6, 6.07) is 16.9. The second-order valence-electron chi connectivity index (χ2n) is 12.2. The SMILES string of the molecule is CC(=O)OCCCS(=O)(=O)c1ccc(COP(=O)(OCc2ccc(S(=O)(=O)CCCOC(C)=O)cc2)OCc2ccc(S(=O)(=O)CCCOC(C)=O)cc2)cc1. The number of carbonyl (C=O) groups excluding carboxylic acids is 3. The molecule has 0 unspecified atom stereocenters. The molecule has 16 nitrogen and oxygen atoms in total. The van der Waals surface area contributed by atoms with Gasteiger partial charge in [-0.1, -0.05) is 36.4 Å². The van der Waals surface area contributed by atoms with Crippen LogP contribution in [0.4, 0.5) is 0 Å². The first-order valence-corrected chi connectivity index (χ1v) is 23.6. The van der Waals surface area contributed by atoms with E-state index in [4.69, 9.17) is 27.8 Å². The van der Waals surface area contributed by atoms with Gasteiger partial charge in [0.25, 0.3) is 0 Å². The van der Waals surface area contributed by atoms with E-state index in [1.807, 2.05) is 0 Å². The third-order valence-corrected chi connectivity index (χ3v) is 14.4. The lowest BCUT2D eigenvalue weighted by molar-refractivity contribution is -0.141. The van der Waals surface area contributed by atoms with Crippen LogP contribution in [0.25, 0.3) is 0 Å². The molecule has 0 saturated heterocycles. The van der Waals surface area contributed by atoms with E-state index >= 15 is 0 Å². The third kappa shape index (κ3) is 16.3. The molecule has 0 N–H and O–H groups in total. The Morgan fingerprint density at radius 3 is 0.893 bits per heavy atom. The van der Waals surface area contributed by atoms with Crippen LogP contribution in [0, 0.1) is 0 Å². The van der Waals surface area contributed by atoms with Gasteiger partial charge in [0.2, 0.25) is 0 Å². The van der Waals surface area contributed by atoms with E-state index in [1.54, 1.807) is 0 Å².